The highest BCUT2D eigenvalue weighted by Crippen LogP contribution is 2.14. The molecular weight excluding hydrogens is 238 g/mol. The van der Waals surface area contributed by atoms with Crippen LogP contribution < -0.4 is 5.73 Å². The molecular formula is C8H13NO6S. The van der Waals surface area contributed by atoms with Crippen LogP contribution in [0.25, 0.3) is 0 Å². The van der Waals surface area contributed by atoms with Crippen molar-refractivity contribution in [1.29, 1.82) is 0 Å². The number of aliphatic hydroxyl groups excluding tert-OH is 1. The number of nitrogens with two attached hydrogens (primary N) is 1. The molecule has 5 N–H and O–H groups in total. The smallest absolute Gasteiger partial charge is 0.321 e. The molecule has 0 fully saturated rings. The molecule has 0 aliphatic rings. The predicted molar refractivity (Wildman–Crippen MR) is 55.9 cm³/mol. The molecule has 0 heterocycles. The molecule has 3 atom stereocenters. The standard InChI is InChI=1S/C8H13NO6S/c1-3(10)8(15)16-2-4(6(11)12)5(9)7(13)14/h3-5,10H,2,9H2,1H3,(H,11,12)(H,13,14)/t3-,4?,5?/m1/s1. The maximum Gasteiger partial charge on any atom is 0.321 e. The largest absolute Gasteiger partial charge is 0.481 e. The van der Waals surface area contributed by atoms with Gasteiger partial charge in [-0.1, -0.05) is 11.8 Å². The van der Waals surface area contributed by atoms with Gasteiger partial charge < -0.3 is 21.1 Å². The summed E-state index contributed by atoms with van der Waals surface area (Å²) in [5.41, 5.74) is 5.16. The van der Waals surface area contributed by atoms with Crippen LogP contribution in [0.15, 0.2) is 0 Å². The quantitative estimate of drug-likeness (QED) is 0.459. The van der Waals surface area contributed by atoms with Crippen LogP contribution in [0.5, 0.6) is 0 Å². The molecule has 0 aromatic carbocycles. The normalized spacial score (nSPS) is 16.2. The molecule has 16 heavy (non-hydrogen) atoms. The van der Waals surface area contributed by atoms with Crippen molar-refractivity contribution >= 4 is 28.8 Å². The highest BCUT2D eigenvalue weighted by Gasteiger charge is 2.31. The number of aliphatic hydroxyl groups is 1. The zero-order valence-electron chi connectivity index (χ0n) is 8.49. The lowest BCUT2D eigenvalue weighted by atomic mass is 10.0. The van der Waals surface area contributed by atoms with Gasteiger partial charge in [-0.15, -0.1) is 0 Å². The van der Waals surface area contributed by atoms with E-state index in [0.29, 0.717) is 11.8 Å². The van der Waals surface area contributed by atoms with Crippen molar-refractivity contribution in [3.05, 3.63) is 0 Å². The molecule has 2 unspecified atom stereocenters. The average Bonchev–Trinajstić information content (AvgIpc) is 2.16. The number of hydrogen-bond donors (Lipinski definition) is 4. The van der Waals surface area contributed by atoms with E-state index >= 15 is 0 Å². The topological polar surface area (TPSA) is 138 Å². The van der Waals surface area contributed by atoms with E-state index in [1.807, 2.05) is 0 Å². The van der Waals surface area contributed by atoms with Crippen LogP contribution in [0, 0.1) is 5.92 Å². The van der Waals surface area contributed by atoms with E-state index in [1.54, 1.807) is 0 Å². The predicted octanol–water partition coefficient (Wildman–Crippen LogP) is -1.26. The van der Waals surface area contributed by atoms with Crippen molar-refractivity contribution in [2.75, 3.05) is 5.75 Å². The van der Waals surface area contributed by atoms with E-state index in [9.17, 15) is 14.4 Å². The van der Waals surface area contributed by atoms with Crippen molar-refractivity contribution in [2.45, 2.75) is 19.1 Å². The number of carboxylic acids is 2. The number of carbonyl (C=O) groups excluding carboxylic acids is 1. The van der Waals surface area contributed by atoms with Gasteiger partial charge in [0.25, 0.3) is 0 Å². The fourth-order valence-electron chi connectivity index (χ4n) is 0.793. The van der Waals surface area contributed by atoms with Gasteiger partial charge in [-0.2, -0.15) is 0 Å². The number of thioether (sulfide) groups is 1. The first-order valence-electron chi connectivity index (χ1n) is 4.33. The van der Waals surface area contributed by atoms with Crippen LogP contribution in [0.2, 0.25) is 0 Å². The van der Waals surface area contributed by atoms with Crippen LogP contribution in [0.3, 0.4) is 0 Å². The summed E-state index contributed by atoms with van der Waals surface area (Å²) in [5, 5.41) is 25.5. The number of rotatable bonds is 6. The van der Waals surface area contributed by atoms with Crippen LogP contribution in [-0.2, 0) is 14.4 Å². The van der Waals surface area contributed by atoms with Crippen molar-refractivity contribution < 1.29 is 29.7 Å². The molecule has 0 radical (unpaired) electrons. The maximum atomic E-state index is 11.0. The van der Waals surface area contributed by atoms with Gasteiger partial charge in [0.1, 0.15) is 12.1 Å². The third-order valence-corrected chi connectivity index (χ3v) is 2.93. The fraction of sp³-hybridized carbons (Fsp3) is 0.625. The Kier molecular flexibility index (Phi) is 6.01. The molecule has 0 bridgehead atoms. The summed E-state index contributed by atoms with van der Waals surface area (Å²) in [5.74, 6) is -4.49. The second-order valence-corrected chi connectivity index (χ2v) is 4.14. The maximum absolute atomic E-state index is 11.0. The monoisotopic (exact) mass is 251 g/mol. The molecule has 0 rings (SSSR count). The van der Waals surface area contributed by atoms with Gasteiger partial charge in [-0.3, -0.25) is 14.4 Å². The average molecular weight is 251 g/mol. The molecule has 0 aromatic rings. The van der Waals surface area contributed by atoms with Crippen LogP contribution in [0.1, 0.15) is 6.92 Å². The van der Waals surface area contributed by atoms with Crippen molar-refractivity contribution in [2.24, 2.45) is 11.7 Å². The highest BCUT2D eigenvalue weighted by molar-refractivity contribution is 8.13. The third-order valence-electron chi connectivity index (χ3n) is 1.78. The first-order valence-corrected chi connectivity index (χ1v) is 5.31. The Bertz CT molecular complexity index is 292. The second kappa shape index (κ2) is 6.46. The van der Waals surface area contributed by atoms with Crippen molar-refractivity contribution in [3.8, 4) is 0 Å². The van der Waals surface area contributed by atoms with Gasteiger partial charge in [-0.25, -0.2) is 0 Å². The van der Waals surface area contributed by atoms with E-state index in [4.69, 9.17) is 21.1 Å². The summed E-state index contributed by atoms with van der Waals surface area (Å²) in [6, 6.07) is -1.58. The minimum Gasteiger partial charge on any atom is -0.481 e. The summed E-state index contributed by atoms with van der Waals surface area (Å²) in [6.07, 6.45) is -1.22. The summed E-state index contributed by atoms with van der Waals surface area (Å²) in [4.78, 5) is 32.2. The van der Waals surface area contributed by atoms with Gasteiger partial charge in [0.2, 0.25) is 5.12 Å². The number of hydrogen-bond acceptors (Lipinski definition) is 6. The molecule has 0 spiro atoms. The molecule has 92 valence electrons. The number of carboxylic acid groups (broad SMARTS) is 2. The molecule has 0 saturated heterocycles. The summed E-state index contributed by atoms with van der Waals surface area (Å²) in [6.45, 7) is 1.24. The Hall–Kier alpha value is -1.12. The Morgan fingerprint density at radius 3 is 2.06 bits per heavy atom. The lowest BCUT2D eigenvalue weighted by molar-refractivity contribution is -0.149. The summed E-state index contributed by atoms with van der Waals surface area (Å²) >= 11 is 0.554. The fourth-order valence-corrected chi connectivity index (χ4v) is 1.73. The summed E-state index contributed by atoms with van der Waals surface area (Å²) < 4.78 is 0. The molecule has 0 amide bonds. The molecule has 0 aliphatic carbocycles. The van der Waals surface area contributed by atoms with Gasteiger partial charge >= 0.3 is 11.9 Å². The zero-order chi connectivity index (χ0) is 12.9. The first kappa shape index (κ1) is 14.9. The van der Waals surface area contributed by atoms with Gasteiger partial charge in [-0.05, 0) is 6.92 Å². The number of carbonyl (C=O) groups is 3. The van der Waals surface area contributed by atoms with Gasteiger partial charge in [0.05, 0.1) is 5.92 Å². The van der Waals surface area contributed by atoms with E-state index in [2.05, 4.69) is 0 Å². The highest BCUT2D eigenvalue weighted by atomic mass is 32.2. The zero-order valence-corrected chi connectivity index (χ0v) is 9.31. The second-order valence-electron chi connectivity index (χ2n) is 3.11. The minimum atomic E-state index is -1.58. The Morgan fingerprint density at radius 2 is 1.75 bits per heavy atom. The van der Waals surface area contributed by atoms with E-state index in [1.165, 1.54) is 6.92 Å². The molecule has 8 heteroatoms. The third kappa shape index (κ3) is 4.60. The van der Waals surface area contributed by atoms with Crippen molar-refractivity contribution in [3.63, 3.8) is 0 Å². The van der Waals surface area contributed by atoms with Crippen LogP contribution in [0.4, 0.5) is 0 Å². The number of aliphatic carboxylic acids is 2. The van der Waals surface area contributed by atoms with Crippen LogP contribution >= 0.6 is 11.8 Å². The molecule has 0 aromatic heterocycles. The minimum absolute atomic E-state index is 0.285. The Balaban J connectivity index is 4.42. The first-order chi connectivity index (χ1) is 7.27. The SMILES string of the molecule is C[C@@H](O)C(=O)SCC(C(=O)O)C(N)C(=O)O. The molecule has 0 saturated carbocycles. The summed E-state index contributed by atoms with van der Waals surface area (Å²) in [7, 11) is 0. The Morgan fingerprint density at radius 1 is 1.25 bits per heavy atom. The lowest BCUT2D eigenvalue weighted by Crippen LogP contribution is -2.43. The van der Waals surface area contributed by atoms with E-state index in [0.717, 1.165) is 0 Å². The van der Waals surface area contributed by atoms with Gasteiger partial charge in [0, 0.05) is 5.75 Å². The molecule has 7 nitrogen and oxygen atoms in total. The Labute approximate surface area is 95.6 Å². The van der Waals surface area contributed by atoms with E-state index in [-0.39, 0.29) is 5.75 Å². The van der Waals surface area contributed by atoms with Crippen LogP contribution in [-0.4, -0.2) is 50.3 Å². The van der Waals surface area contributed by atoms with E-state index < -0.39 is 35.1 Å². The van der Waals surface area contributed by atoms with Gasteiger partial charge in [0.15, 0.2) is 0 Å². The molecule has 0 aliphatic heterocycles. The van der Waals surface area contributed by atoms with Crippen molar-refractivity contribution in [1.82, 2.24) is 0 Å². The lowest BCUT2D eigenvalue weighted by Gasteiger charge is -2.15.